The fourth-order valence-corrected chi connectivity index (χ4v) is 4.74. The van der Waals surface area contributed by atoms with E-state index in [0.29, 0.717) is 12.0 Å². The Bertz CT molecular complexity index is 752. The lowest BCUT2D eigenvalue weighted by Gasteiger charge is -2.34. The molecule has 0 spiro atoms. The number of nitrogens with one attached hydrogen (secondary N) is 2. The molecule has 4 nitrogen and oxygen atoms in total. The van der Waals surface area contributed by atoms with Gasteiger partial charge in [0.15, 0.2) is 0 Å². The van der Waals surface area contributed by atoms with Crippen LogP contribution in [0.15, 0.2) is 24.3 Å². The smallest absolute Gasteiger partial charge is 0.317 e. The fraction of sp³-hybridized carbons (Fsp3) is 0.591. The Hall–Kier alpha value is -1.97. The zero-order valence-corrected chi connectivity index (χ0v) is 15.9. The van der Waals surface area contributed by atoms with Crippen molar-refractivity contribution in [3.8, 4) is 0 Å². The quantitative estimate of drug-likeness (QED) is 0.820. The number of amides is 2. The van der Waals surface area contributed by atoms with Crippen LogP contribution in [0.1, 0.15) is 56.2 Å². The zero-order valence-electron chi connectivity index (χ0n) is 15.9. The molecule has 1 aliphatic heterocycles. The van der Waals surface area contributed by atoms with Gasteiger partial charge in [-0.05, 0) is 56.6 Å². The molecule has 26 heavy (non-hydrogen) atoms. The number of aromatic amines is 1. The zero-order chi connectivity index (χ0) is 17.9. The molecule has 1 aliphatic carbocycles. The molecule has 1 aromatic carbocycles. The molecule has 1 saturated heterocycles. The molecule has 4 rings (SSSR count). The van der Waals surface area contributed by atoms with Crippen LogP contribution >= 0.6 is 0 Å². The molecule has 0 bridgehead atoms. The van der Waals surface area contributed by atoms with E-state index in [1.807, 2.05) is 4.90 Å². The second-order valence-corrected chi connectivity index (χ2v) is 8.19. The highest BCUT2D eigenvalue weighted by atomic mass is 16.2. The Kier molecular flexibility index (Phi) is 5.18. The van der Waals surface area contributed by atoms with Gasteiger partial charge >= 0.3 is 6.03 Å². The van der Waals surface area contributed by atoms with Gasteiger partial charge in [-0.3, -0.25) is 0 Å². The third-order valence-electron chi connectivity index (χ3n) is 6.35. The average Bonchev–Trinajstić information content (AvgIpc) is 2.98. The number of aryl methyl sites for hydroxylation is 1. The number of para-hydroxylation sites is 1. The molecule has 0 unspecified atom stereocenters. The largest absolute Gasteiger partial charge is 0.358 e. The predicted molar refractivity (Wildman–Crippen MR) is 106 cm³/mol. The van der Waals surface area contributed by atoms with Crippen molar-refractivity contribution in [2.75, 3.05) is 13.1 Å². The van der Waals surface area contributed by atoms with Gasteiger partial charge in [-0.25, -0.2) is 4.79 Å². The van der Waals surface area contributed by atoms with E-state index in [1.165, 1.54) is 41.4 Å². The molecule has 2 fully saturated rings. The highest BCUT2D eigenvalue weighted by Crippen LogP contribution is 2.28. The number of likely N-dealkylation sites (tertiary alicyclic amines) is 1. The Balaban J connectivity index is 1.32. The van der Waals surface area contributed by atoms with Gasteiger partial charge in [0.25, 0.3) is 0 Å². The summed E-state index contributed by atoms with van der Waals surface area (Å²) in [7, 11) is 0. The summed E-state index contributed by atoms with van der Waals surface area (Å²) in [6.45, 7) is 3.97. The van der Waals surface area contributed by atoms with E-state index < -0.39 is 0 Å². The van der Waals surface area contributed by atoms with Crippen molar-refractivity contribution >= 4 is 16.9 Å². The first-order chi connectivity index (χ1) is 12.7. The molecule has 2 N–H and O–H groups in total. The highest BCUT2D eigenvalue weighted by Gasteiger charge is 2.26. The van der Waals surface area contributed by atoms with Crippen LogP contribution in [-0.4, -0.2) is 35.0 Å². The average molecular weight is 354 g/mol. The van der Waals surface area contributed by atoms with E-state index >= 15 is 0 Å². The van der Waals surface area contributed by atoms with Gasteiger partial charge in [-0.1, -0.05) is 37.5 Å². The molecule has 0 atom stereocenters. The number of fused-ring (bicyclic) bond motifs is 1. The van der Waals surface area contributed by atoms with Crippen LogP contribution in [0.3, 0.4) is 0 Å². The van der Waals surface area contributed by atoms with E-state index in [4.69, 9.17) is 0 Å². The third-order valence-corrected chi connectivity index (χ3v) is 6.35. The molecule has 1 saturated carbocycles. The van der Waals surface area contributed by atoms with Crippen LogP contribution in [0.2, 0.25) is 0 Å². The first kappa shape index (κ1) is 17.4. The number of urea groups is 1. The van der Waals surface area contributed by atoms with Crippen LogP contribution in [0.4, 0.5) is 4.79 Å². The summed E-state index contributed by atoms with van der Waals surface area (Å²) in [6, 6.07) is 9.16. The van der Waals surface area contributed by atoms with Crippen molar-refractivity contribution in [3.05, 3.63) is 35.5 Å². The summed E-state index contributed by atoms with van der Waals surface area (Å²) in [4.78, 5) is 18.1. The van der Waals surface area contributed by atoms with Gasteiger partial charge in [0.1, 0.15) is 0 Å². The summed E-state index contributed by atoms with van der Waals surface area (Å²) in [5.41, 5.74) is 4.00. The Morgan fingerprint density at radius 1 is 1.12 bits per heavy atom. The number of rotatable bonds is 3. The molecule has 2 heterocycles. The molecule has 0 radical (unpaired) electrons. The second-order valence-electron chi connectivity index (χ2n) is 8.19. The van der Waals surface area contributed by atoms with Crippen molar-refractivity contribution in [3.63, 3.8) is 0 Å². The lowest BCUT2D eigenvalue weighted by Crippen LogP contribution is -2.48. The fourth-order valence-electron chi connectivity index (χ4n) is 4.74. The first-order valence-corrected chi connectivity index (χ1v) is 10.3. The maximum atomic E-state index is 12.5. The van der Waals surface area contributed by atoms with Crippen molar-refractivity contribution in [1.82, 2.24) is 15.2 Å². The van der Waals surface area contributed by atoms with E-state index in [9.17, 15) is 4.79 Å². The number of hydrogen-bond acceptors (Lipinski definition) is 1. The molecule has 2 aliphatic rings. The molecule has 1 aromatic heterocycles. The number of nitrogens with zero attached hydrogens (tertiary/aromatic N) is 1. The van der Waals surface area contributed by atoms with Crippen molar-refractivity contribution in [2.24, 2.45) is 5.92 Å². The molecular weight excluding hydrogens is 322 g/mol. The first-order valence-electron chi connectivity index (χ1n) is 10.3. The minimum Gasteiger partial charge on any atom is -0.358 e. The minimum absolute atomic E-state index is 0.165. The monoisotopic (exact) mass is 353 g/mol. The Morgan fingerprint density at radius 3 is 2.62 bits per heavy atom. The van der Waals surface area contributed by atoms with Crippen molar-refractivity contribution in [2.45, 2.75) is 64.3 Å². The maximum Gasteiger partial charge on any atom is 0.317 e. The molecule has 140 valence electrons. The van der Waals surface area contributed by atoms with Gasteiger partial charge < -0.3 is 15.2 Å². The topological polar surface area (TPSA) is 48.1 Å². The maximum absolute atomic E-state index is 12.5. The number of hydrogen-bond donors (Lipinski definition) is 2. The summed E-state index contributed by atoms with van der Waals surface area (Å²) in [5.74, 6) is 0.673. The van der Waals surface area contributed by atoms with Crippen LogP contribution in [0.5, 0.6) is 0 Å². The van der Waals surface area contributed by atoms with Crippen molar-refractivity contribution < 1.29 is 4.79 Å². The van der Waals surface area contributed by atoms with Crippen LogP contribution < -0.4 is 5.32 Å². The normalized spacial score (nSPS) is 19.8. The van der Waals surface area contributed by atoms with Crippen molar-refractivity contribution in [1.29, 1.82) is 0 Å². The summed E-state index contributed by atoms with van der Waals surface area (Å²) >= 11 is 0. The number of benzene rings is 1. The van der Waals surface area contributed by atoms with Gasteiger partial charge in [0.2, 0.25) is 0 Å². The van der Waals surface area contributed by atoms with Gasteiger partial charge in [-0.15, -0.1) is 0 Å². The van der Waals surface area contributed by atoms with Gasteiger partial charge in [-0.2, -0.15) is 0 Å². The number of piperidine rings is 1. The number of carbonyl (C=O) groups is 1. The summed E-state index contributed by atoms with van der Waals surface area (Å²) in [6.07, 6.45) is 9.49. The molecule has 4 heteroatoms. The second kappa shape index (κ2) is 7.73. The molecule has 2 amide bonds. The Labute approximate surface area is 156 Å². The number of aromatic nitrogens is 1. The third kappa shape index (κ3) is 3.74. The number of H-pyrrole nitrogens is 1. The van der Waals surface area contributed by atoms with E-state index in [0.717, 1.165) is 45.2 Å². The lowest BCUT2D eigenvalue weighted by atomic mass is 9.89. The predicted octanol–water partition coefficient (Wildman–Crippen LogP) is 4.77. The van der Waals surface area contributed by atoms with Gasteiger partial charge in [0.05, 0.1) is 0 Å². The lowest BCUT2D eigenvalue weighted by molar-refractivity contribution is 0.164. The van der Waals surface area contributed by atoms with Gasteiger partial charge in [0, 0.05) is 35.7 Å². The highest BCUT2D eigenvalue weighted by molar-refractivity contribution is 5.84. The van der Waals surface area contributed by atoms with E-state index in [1.54, 1.807) is 0 Å². The SMILES string of the molecule is Cc1[nH]c2ccccc2c1CC1CCN(C(=O)NC2CCCCC2)CC1. The summed E-state index contributed by atoms with van der Waals surface area (Å²) in [5, 5.41) is 4.63. The minimum atomic E-state index is 0.165. The molecular formula is C22H31N3O. The van der Waals surface area contributed by atoms with Crippen LogP contribution in [0, 0.1) is 12.8 Å². The van der Waals surface area contributed by atoms with Crippen LogP contribution in [0.25, 0.3) is 10.9 Å². The van der Waals surface area contributed by atoms with E-state index in [-0.39, 0.29) is 6.03 Å². The number of carbonyl (C=O) groups excluding carboxylic acids is 1. The summed E-state index contributed by atoms with van der Waals surface area (Å²) < 4.78 is 0. The Morgan fingerprint density at radius 2 is 1.85 bits per heavy atom. The molecule has 2 aromatic rings. The van der Waals surface area contributed by atoms with Crippen LogP contribution in [-0.2, 0) is 6.42 Å². The van der Waals surface area contributed by atoms with E-state index in [2.05, 4.69) is 41.5 Å². The standard InChI is InChI=1S/C22H31N3O/c1-16-20(19-9-5-6-10-21(19)23-16)15-17-11-13-25(14-12-17)22(26)24-18-7-3-2-4-8-18/h5-6,9-10,17-18,23H,2-4,7-8,11-15H2,1H3,(H,24,26).